The molecule has 1 saturated heterocycles. The Balaban J connectivity index is 1.60. The average molecular weight is 354 g/mol. The van der Waals surface area contributed by atoms with E-state index >= 15 is 0 Å². The summed E-state index contributed by atoms with van der Waals surface area (Å²) in [5.41, 5.74) is 2.06. The number of nitrogens with zero attached hydrogens (tertiary/aromatic N) is 1. The maximum absolute atomic E-state index is 12.4. The Bertz CT molecular complexity index is 768. The van der Waals surface area contributed by atoms with Crippen molar-refractivity contribution in [2.24, 2.45) is 0 Å². The number of para-hydroxylation sites is 1. The largest absolute Gasteiger partial charge is 0.496 e. The summed E-state index contributed by atoms with van der Waals surface area (Å²) in [6.45, 7) is 2.48. The molecule has 6 heteroatoms. The van der Waals surface area contributed by atoms with Crippen LogP contribution in [0.2, 0.25) is 0 Å². The van der Waals surface area contributed by atoms with E-state index in [4.69, 9.17) is 9.47 Å². The third-order valence-corrected chi connectivity index (χ3v) is 4.28. The minimum Gasteiger partial charge on any atom is -0.496 e. The van der Waals surface area contributed by atoms with Crippen LogP contribution in [0, 0.1) is 0 Å². The molecule has 6 nitrogen and oxygen atoms in total. The summed E-state index contributed by atoms with van der Waals surface area (Å²) in [7, 11) is 1.53. The Morgan fingerprint density at radius 3 is 2.46 bits per heavy atom. The Morgan fingerprint density at radius 1 is 1.08 bits per heavy atom. The maximum atomic E-state index is 12.4. The topological polar surface area (TPSA) is 67.9 Å². The second kappa shape index (κ2) is 8.49. The van der Waals surface area contributed by atoms with Gasteiger partial charge in [0.25, 0.3) is 5.91 Å². The first-order chi connectivity index (χ1) is 12.7. The van der Waals surface area contributed by atoms with E-state index in [1.807, 2.05) is 23.1 Å². The Hall–Kier alpha value is -2.86. The van der Waals surface area contributed by atoms with Gasteiger partial charge < -0.3 is 19.7 Å². The van der Waals surface area contributed by atoms with Gasteiger partial charge in [0.05, 0.1) is 32.3 Å². The van der Waals surface area contributed by atoms with Gasteiger partial charge in [0.1, 0.15) is 5.75 Å². The zero-order valence-electron chi connectivity index (χ0n) is 14.7. The molecule has 1 heterocycles. The Labute approximate surface area is 152 Å². The van der Waals surface area contributed by atoms with Crippen LogP contribution in [0.5, 0.6) is 5.75 Å². The van der Waals surface area contributed by atoms with Crippen molar-refractivity contribution in [3.8, 4) is 5.75 Å². The summed E-state index contributed by atoms with van der Waals surface area (Å²) in [5.74, 6) is 0.386. The van der Waals surface area contributed by atoms with Crippen molar-refractivity contribution in [3.05, 3.63) is 59.7 Å². The number of ether oxygens (including phenoxy) is 2. The molecule has 0 radical (unpaired) electrons. The van der Waals surface area contributed by atoms with Crippen molar-refractivity contribution in [2.75, 3.05) is 38.7 Å². The van der Waals surface area contributed by atoms with E-state index in [2.05, 4.69) is 5.32 Å². The van der Waals surface area contributed by atoms with Gasteiger partial charge in [-0.3, -0.25) is 9.59 Å². The van der Waals surface area contributed by atoms with Gasteiger partial charge in [0.15, 0.2) is 0 Å². The highest BCUT2D eigenvalue weighted by Gasteiger charge is 2.17. The van der Waals surface area contributed by atoms with Crippen molar-refractivity contribution in [3.63, 3.8) is 0 Å². The van der Waals surface area contributed by atoms with Gasteiger partial charge in [-0.15, -0.1) is 0 Å². The van der Waals surface area contributed by atoms with Gasteiger partial charge >= 0.3 is 0 Å². The van der Waals surface area contributed by atoms with Crippen molar-refractivity contribution < 1.29 is 19.1 Å². The van der Waals surface area contributed by atoms with Gasteiger partial charge in [0, 0.05) is 18.8 Å². The summed E-state index contributed by atoms with van der Waals surface area (Å²) in [6, 6.07) is 14.4. The highest BCUT2D eigenvalue weighted by atomic mass is 16.5. The highest BCUT2D eigenvalue weighted by Crippen LogP contribution is 2.19. The van der Waals surface area contributed by atoms with Gasteiger partial charge in [-0.05, 0) is 29.8 Å². The van der Waals surface area contributed by atoms with Gasteiger partial charge in [-0.2, -0.15) is 0 Å². The van der Waals surface area contributed by atoms with Crippen LogP contribution < -0.4 is 10.1 Å². The lowest BCUT2D eigenvalue weighted by molar-refractivity contribution is -0.134. The van der Waals surface area contributed by atoms with E-state index < -0.39 is 0 Å². The smallest absolute Gasteiger partial charge is 0.259 e. The molecule has 0 aromatic heterocycles. The summed E-state index contributed by atoms with van der Waals surface area (Å²) >= 11 is 0. The molecule has 2 aromatic carbocycles. The van der Waals surface area contributed by atoms with Crippen LogP contribution in [0.4, 0.5) is 5.69 Å². The zero-order valence-corrected chi connectivity index (χ0v) is 14.7. The highest BCUT2D eigenvalue weighted by molar-refractivity contribution is 6.06. The number of methoxy groups -OCH3 is 1. The molecule has 1 fully saturated rings. The molecule has 0 aliphatic carbocycles. The van der Waals surface area contributed by atoms with E-state index in [-0.39, 0.29) is 11.8 Å². The average Bonchev–Trinajstić information content (AvgIpc) is 2.70. The van der Waals surface area contributed by atoms with Crippen molar-refractivity contribution in [1.82, 2.24) is 4.90 Å². The van der Waals surface area contributed by atoms with Crippen LogP contribution in [-0.4, -0.2) is 50.1 Å². The van der Waals surface area contributed by atoms with Crippen LogP contribution >= 0.6 is 0 Å². The normalized spacial score (nSPS) is 14.0. The van der Waals surface area contributed by atoms with Crippen LogP contribution in [0.1, 0.15) is 15.9 Å². The third-order valence-electron chi connectivity index (χ3n) is 4.28. The van der Waals surface area contributed by atoms with Gasteiger partial charge in [-0.1, -0.05) is 24.3 Å². The molecule has 26 heavy (non-hydrogen) atoms. The number of amides is 2. The second-order valence-electron chi connectivity index (χ2n) is 6.02. The van der Waals surface area contributed by atoms with Crippen molar-refractivity contribution in [2.45, 2.75) is 6.42 Å². The number of morpholine rings is 1. The summed E-state index contributed by atoms with van der Waals surface area (Å²) in [5, 5.41) is 2.85. The Kier molecular flexibility index (Phi) is 5.86. The van der Waals surface area contributed by atoms with E-state index in [1.165, 1.54) is 7.11 Å². The molecule has 0 saturated carbocycles. The fraction of sp³-hybridized carbons (Fsp3) is 0.300. The molecular weight excluding hydrogens is 332 g/mol. The number of hydrogen-bond donors (Lipinski definition) is 1. The minimum atomic E-state index is -0.236. The first kappa shape index (κ1) is 17.9. The second-order valence-corrected chi connectivity index (χ2v) is 6.02. The summed E-state index contributed by atoms with van der Waals surface area (Å²) in [4.78, 5) is 26.5. The van der Waals surface area contributed by atoms with Crippen molar-refractivity contribution in [1.29, 1.82) is 0 Å². The number of carbonyl (C=O) groups is 2. The lowest BCUT2D eigenvalue weighted by Gasteiger charge is -2.26. The number of anilines is 1. The lowest BCUT2D eigenvalue weighted by Crippen LogP contribution is -2.41. The first-order valence-electron chi connectivity index (χ1n) is 8.56. The molecule has 1 aliphatic heterocycles. The first-order valence-corrected chi connectivity index (χ1v) is 8.56. The number of nitrogens with one attached hydrogen (secondary N) is 1. The molecule has 1 aliphatic rings. The van der Waals surface area contributed by atoms with Crippen molar-refractivity contribution >= 4 is 17.5 Å². The molecule has 0 spiro atoms. The van der Waals surface area contributed by atoms with Crippen LogP contribution in [0.15, 0.2) is 48.5 Å². The molecule has 2 aromatic rings. The molecule has 0 atom stereocenters. The molecule has 3 rings (SSSR count). The Morgan fingerprint density at radius 2 is 1.77 bits per heavy atom. The van der Waals surface area contributed by atoms with E-state index in [1.54, 1.807) is 30.3 Å². The third kappa shape index (κ3) is 4.40. The number of hydrogen-bond acceptors (Lipinski definition) is 4. The van der Waals surface area contributed by atoms with Crippen LogP contribution in [0.3, 0.4) is 0 Å². The summed E-state index contributed by atoms with van der Waals surface area (Å²) in [6.07, 6.45) is 0.348. The predicted molar refractivity (Wildman–Crippen MR) is 98.5 cm³/mol. The molecule has 0 unspecified atom stereocenters. The fourth-order valence-corrected chi connectivity index (χ4v) is 2.84. The zero-order chi connectivity index (χ0) is 18.4. The minimum absolute atomic E-state index is 0.0964. The van der Waals surface area contributed by atoms with E-state index in [9.17, 15) is 9.59 Å². The van der Waals surface area contributed by atoms with E-state index in [0.717, 1.165) is 5.56 Å². The van der Waals surface area contributed by atoms with Crippen LogP contribution in [0.25, 0.3) is 0 Å². The number of rotatable bonds is 5. The molecule has 2 amide bonds. The summed E-state index contributed by atoms with van der Waals surface area (Å²) < 4.78 is 10.5. The fourth-order valence-electron chi connectivity index (χ4n) is 2.84. The SMILES string of the molecule is COc1ccccc1C(=O)Nc1ccc(CC(=O)N2CCOCC2)cc1. The molecule has 136 valence electrons. The lowest BCUT2D eigenvalue weighted by atomic mass is 10.1. The monoisotopic (exact) mass is 354 g/mol. The van der Waals surface area contributed by atoms with Gasteiger partial charge in [-0.25, -0.2) is 0 Å². The predicted octanol–water partition coefficient (Wildman–Crippen LogP) is 2.35. The number of benzene rings is 2. The molecule has 0 bridgehead atoms. The van der Waals surface area contributed by atoms with Gasteiger partial charge in [0.2, 0.25) is 5.91 Å². The maximum Gasteiger partial charge on any atom is 0.259 e. The standard InChI is InChI=1S/C20H22N2O4/c1-25-18-5-3-2-4-17(18)20(24)21-16-8-6-15(7-9-16)14-19(23)22-10-12-26-13-11-22/h2-9H,10-14H2,1H3,(H,21,24). The molecule has 1 N–H and O–H groups in total. The van der Waals surface area contributed by atoms with Crippen LogP contribution in [-0.2, 0) is 16.0 Å². The van der Waals surface area contributed by atoms with E-state index in [0.29, 0.717) is 49.7 Å². The molecular formula is C20H22N2O4. The quantitative estimate of drug-likeness (QED) is 0.895. The number of carbonyl (C=O) groups excluding carboxylic acids is 2.